The molecular formula is C9H8MnOZn. The van der Waals surface area contributed by atoms with Gasteiger partial charge in [-0.2, -0.15) is 0 Å². The zero-order valence-corrected chi connectivity index (χ0v) is 10.8. The molecule has 0 saturated heterocycles. The maximum Gasteiger partial charge on any atom is 0.130 e. The molecule has 1 aliphatic rings. The van der Waals surface area contributed by atoms with Gasteiger partial charge in [0.05, 0.1) is 6.26 Å². The molecule has 1 nitrogen and oxygen atoms in total. The summed E-state index contributed by atoms with van der Waals surface area (Å²) in [5, 5.41) is 0. The normalized spacial score (nSPS) is 11.7. The summed E-state index contributed by atoms with van der Waals surface area (Å²) >= 11 is 0. The summed E-state index contributed by atoms with van der Waals surface area (Å²) < 4.78 is 5.24. The van der Waals surface area contributed by atoms with E-state index in [4.69, 9.17) is 4.74 Å². The molecule has 12 heavy (non-hydrogen) atoms. The average Bonchev–Trinajstić information content (AvgIpc) is 2.05. The van der Waals surface area contributed by atoms with Gasteiger partial charge in [-0.05, 0) is 24.1 Å². The second-order valence-electron chi connectivity index (χ2n) is 2.30. The first-order valence-corrected chi connectivity index (χ1v) is 3.36. The Morgan fingerprint density at radius 1 is 1.17 bits per heavy atom. The first kappa shape index (κ1) is 11.9. The van der Waals surface area contributed by atoms with Crippen LogP contribution in [0.5, 0.6) is 5.75 Å². The number of hydrogen-bond acceptors (Lipinski definition) is 1. The van der Waals surface area contributed by atoms with Gasteiger partial charge in [0.2, 0.25) is 0 Å². The Kier molecular flexibility index (Phi) is 5.49. The van der Waals surface area contributed by atoms with Crippen LogP contribution in [0.1, 0.15) is 5.56 Å². The van der Waals surface area contributed by atoms with E-state index in [1.54, 1.807) is 6.26 Å². The summed E-state index contributed by atoms with van der Waals surface area (Å²) in [4.78, 5) is 0. The Labute approximate surface area is 95.4 Å². The molecule has 0 N–H and O–H groups in total. The van der Waals surface area contributed by atoms with Gasteiger partial charge in [0.25, 0.3) is 0 Å². The number of para-hydroxylation sites is 1. The summed E-state index contributed by atoms with van der Waals surface area (Å²) in [5.41, 5.74) is 1.27. The predicted octanol–water partition coefficient (Wildman–Crippen LogP) is 2.13. The molecular weight excluding hydrogens is 244 g/mol. The third-order valence-electron chi connectivity index (χ3n) is 1.60. The van der Waals surface area contributed by atoms with E-state index >= 15 is 0 Å². The SMILES string of the molecule is C1=COc2ccccc2C1.[Mn].[Zn]. The van der Waals surface area contributed by atoms with Crippen LogP contribution >= 0.6 is 0 Å². The van der Waals surface area contributed by atoms with Crippen LogP contribution in [-0.4, -0.2) is 0 Å². The van der Waals surface area contributed by atoms with E-state index in [0.29, 0.717) is 0 Å². The summed E-state index contributed by atoms with van der Waals surface area (Å²) in [6.45, 7) is 0. The largest absolute Gasteiger partial charge is 0.465 e. The Balaban J connectivity index is 0.000000605. The molecule has 2 rings (SSSR count). The molecule has 0 saturated carbocycles. The molecule has 3 heteroatoms. The van der Waals surface area contributed by atoms with Crippen LogP contribution in [-0.2, 0) is 43.0 Å². The Hall–Kier alpha value is -0.0971. The van der Waals surface area contributed by atoms with Crippen molar-refractivity contribution in [2.75, 3.05) is 0 Å². The first-order chi connectivity index (χ1) is 4.97. The van der Waals surface area contributed by atoms with Crippen LogP contribution in [0.25, 0.3) is 0 Å². The third kappa shape index (κ3) is 2.45. The summed E-state index contributed by atoms with van der Waals surface area (Å²) in [5.74, 6) is 0.991. The predicted molar refractivity (Wildman–Crippen MR) is 39.9 cm³/mol. The van der Waals surface area contributed by atoms with Gasteiger partial charge in [0, 0.05) is 36.5 Å². The van der Waals surface area contributed by atoms with Crippen molar-refractivity contribution in [1.29, 1.82) is 0 Å². The molecule has 0 spiro atoms. The number of ether oxygens (including phenoxy) is 1. The van der Waals surface area contributed by atoms with E-state index < -0.39 is 0 Å². The molecule has 1 radical (unpaired) electrons. The van der Waals surface area contributed by atoms with Gasteiger partial charge in [-0.15, -0.1) is 0 Å². The molecule has 1 aromatic rings. The first-order valence-electron chi connectivity index (χ1n) is 3.36. The summed E-state index contributed by atoms with van der Waals surface area (Å²) in [6.07, 6.45) is 4.75. The average molecular weight is 252 g/mol. The van der Waals surface area contributed by atoms with Gasteiger partial charge in [0.1, 0.15) is 5.75 Å². The Morgan fingerprint density at radius 3 is 2.67 bits per heavy atom. The second-order valence-corrected chi connectivity index (χ2v) is 2.30. The van der Waals surface area contributed by atoms with Crippen LogP contribution in [0.15, 0.2) is 36.6 Å². The molecule has 0 amide bonds. The minimum atomic E-state index is 0. The molecule has 0 bridgehead atoms. The van der Waals surface area contributed by atoms with E-state index in [-0.39, 0.29) is 36.5 Å². The zero-order valence-electron chi connectivity index (χ0n) is 6.66. The van der Waals surface area contributed by atoms with Gasteiger partial charge in [-0.25, -0.2) is 0 Å². The van der Waals surface area contributed by atoms with Crippen molar-refractivity contribution in [3.8, 4) is 5.75 Å². The van der Waals surface area contributed by atoms with Crippen molar-refractivity contribution < 1.29 is 41.3 Å². The monoisotopic (exact) mass is 251 g/mol. The minimum Gasteiger partial charge on any atom is -0.465 e. The maximum absolute atomic E-state index is 5.24. The van der Waals surface area contributed by atoms with Crippen LogP contribution in [0.3, 0.4) is 0 Å². The fourth-order valence-corrected chi connectivity index (χ4v) is 1.08. The summed E-state index contributed by atoms with van der Waals surface area (Å²) in [6, 6.07) is 8.08. The fourth-order valence-electron chi connectivity index (χ4n) is 1.08. The van der Waals surface area contributed by atoms with E-state index in [9.17, 15) is 0 Å². The number of allylic oxidation sites excluding steroid dienone is 1. The molecule has 0 fully saturated rings. The number of hydrogen-bond donors (Lipinski definition) is 0. The van der Waals surface area contributed by atoms with Crippen molar-refractivity contribution in [3.63, 3.8) is 0 Å². The smallest absolute Gasteiger partial charge is 0.130 e. The molecule has 0 aliphatic carbocycles. The van der Waals surface area contributed by atoms with Gasteiger partial charge < -0.3 is 4.74 Å². The number of rotatable bonds is 0. The van der Waals surface area contributed by atoms with Gasteiger partial charge in [-0.1, -0.05) is 18.2 Å². The Bertz CT molecular complexity index is 246. The van der Waals surface area contributed by atoms with Crippen molar-refractivity contribution >= 4 is 0 Å². The van der Waals surface area contributed by atoms with Crippen LogP contribution in [0, 0.1) is 0 Å². The van der Waals surface area contributed by atoms with Crippen molar-refractivity contribution in [2.45, 2.75) is 6.42 Å². The van der Waals surface area contributed by atoms with Gasteiger partial charge in [0.15, 0.2) is 0 Å². The minimum absolute atomic E-state index is 0. The van der Waals surface area contributed by atoms with E-state index in [1.807, 2.05) is 24.3 Å². The fraction of sp³-hybridized carbons (Fsp3) is 0.111. The van der Waals surface area contributed by atoms with Crippen molar-refractivity contribution in [1.82, 2.24) is 0 Å². The molecule has 1 heterocycles. The van der Waals surface area contributed by atoms with E-state index in [1.165, 1.54) is 5.56 Å². The van der Waals surface area contributed by atoms with Crippen molar-refractivity contribution in [2.24, 2.45) is 0 Å². The van der Waals surface area contributed by atoms with E-state index in [0.717, 1.165) is 12.2 Å². The second kappa shape index (κ2) is 5.53. The molecule has 0 atom stereocenters. The maximum atomic E-state index is 5.24. The van der Waals surface area contributed by atoms with Crippen LogP contribution in [0.4, 0.5) is 0 Å². The number of fused-ring (bicyclic) bond motifs is 1. The zero-order chi connectivity index (χ0) is 6.81. The van der Waals surface area contributed by atoms with Crippen molar-refractivity contribution in [3.05, 3.63) is 42.2 Å². The number of benzene rings is 1. The molecule has 1 aromatic carbocycles. The van der Waals surface area contributed by atoms with Gasteiger partial charge in [-0.3, -0.25) is 0 Å². The molecule has 1 aliphatic heterocycles. The summed E-state index contributed by atoms with van der Waals surface area (Å²) in [7, 11) is 0. The Morgan fingerprint density at radius 2 is 1.92 bits per heavy atom. The molecule has 0 aromatic heterocycles. The topological polar surface area (TPSA) is 9.23 Å². The van der Waals surface area contributed by atoms with E-state index in [2.05, 4.69) is 6.07 Å². The quantitative estimate of drug-likeness (QED) is 0.643. The van der Waals surface area contributed by atoms with Gasteiger partial charge >= 0.3 is 0 Å². The third-order valence-corrected chi connectivity index (χ3v) is 1.60. The van der Waals surface area contributed by atoms with Crippen LogP contribution < -0.4 is 4.74 Å². The molecule has 59 valence electrons. The van der Waals surface area contributed by atoms with Crippen LogP contribution in [0.2, 0.25) is 0 Å². The molecule has 0 unspecified atom stereocenters. The standard InChI is InChI=1S/C9H8O.Mn.Zn/c1-2-6-9-8(4-1)5-3-7-10-9;;/h1-4,6-7H,5H2;;.